The number of benzene rings is 1. The molecule has 0 amide bonds. The molecule has 5 heteroatoms. The van der Waals surface area contributed by atoms with E-state index in [2.05, 4.69) is 15.9 Å². The maximum Gasteiger partial charge on any atom is 0.162 e. The number of hydrogen-bond acceptors (Lipinski definition) is 2. The van der Waals surface area contributed by atoms with Crippen molar-refractivity contribution in [3.8, 4) is 0 Å². The second kappa shape index (κ2) is 3.91. The van der Waals surface area contributed by atoms with Crippen molar-refractivity contribution in [3.63, 3.8) is 0 Å². The van der Waals surface area contributed by atoms with Gasteiger partial charge >= 0.3 is 0 Å². The Bertz CT molecular complexity index is 381. The quantitative estimate of drug-likeness (QED) is 0.363. The van der Waals surface area contributed by atoms with Gasteiger partial charge in [0.1, 0.15) is 0 Å². The summed E-state index contributed by atoms with van der Waals surface area (Å²) in [7, 11) is 0. The fourth-order valence-electron chi connectivity index (χ4n) is 0.900. The highest BCUT2D eigenvalue weighted by Crippen LogP contribution is 2.29. The van der Waals surface area contributed by atoms with Crippen LogP contribution in [0, 0.1) is 9.39 Å². The molecule has 0 fully saturated rings. The SMILES string of the molecule is CC(=O)c1cc(I)c(Br)c(F)c1N. The summed E-state index contributed by atoms with van der Waals surface area (Å²) < 4.78 is 14.2. The van der Waals surface area contributed by atoms with Gasteiger partial charge in [0.15, 0.2) is 11.6 Å². The van der Waals surface area contributed by atoms with E-state index < -0.39 is 5.82 Å². The van der Waals surface area contributed by atoms with E-state index in [1.54, 1.807) is 6.07 Å². The van der Waals surface area contributed by atoms with Gasteiger partial charge in [0.25, 0.3) is 0 Å². The molecule has 0 aliphatic heterocycles. The summed E-state index contributed by atoms with van der Waals surface area (Å²) in [6.45, 7) is 1.36. The molecule has 0 radical (unpaired) electrons. The summed E-state index contributed by atoms with van der Waals surface area (Å²) in [5, 5.41) is 0. The van der Waals surface area contributed by atoms with Crippen LogP contribution in [0.3, 0.4) is 0 Å². The predicted molar refractivity (Wildman–Crippen MR) is 61.2 cm³/mol. The average Bonchev–Trinajstić information content (AvgIpc) is 2.07. The number of nitrogens with two attached hydrogens (primary N) is 1. The fraction of sp³-hybridized carbons (Fsp3) is 0.125. The second-order valence-corrected chi connectivity index (χ2v) is 4.46. The van der Waals surface area contributed by atoms with Crippen molar-refractivity contribution in [1.29, 1.82) is 0 Å². The van der Waals surface area contributed by atoms with Crippen LogP contribution in [0.15, 0.2) is 10.5 Å². The van der Waals surface area contributed by atoms with Gasteiger partial charge in [-0.15, -0.1) is 0 Å². The summed E-state index contributed by atoms with van der Waals surface area (Å²) in [5.74, 6) is -0.807. The molecule has 0 aromatic heterocycles. The van der Waals surface area contributed by atoms with Crippen LogP contribution < -0.4 is 5.73 Å². The molecule has 0 saturated heterocycles. The molecule has 1 rings (SSSR count). The Hall–Kier alpha value is -0.170. The van der Waals surface area contributed by atoms with Crippen LogP contribution in [0.25, 0.3) is 0 Å². The Balaban J connectivity index is 3.50. The first-order valence-corrected chi connectivity index (χ1v) is 5.26. The molecule has 0 unspecified atom stereocenters. The molecule has 2 nitrogen and oxygen atoms in total. The highest BCUT2D eigenvalue weighted by Gasteiger charge is 2.15. The normalized spacial score (nSPS) is 10.2. The standard InChI is InChI=1S/C8H6BrFINO/c1-3(13)4-2-5(11)6(9)7(10)8(4)12/h2H,12H2,1H3. The number of carbonyl (C=O) groups is 1. The van der Waals surface area contributed by atoms with Gasteiger partial charge in [-0.1, -0.05) is 0 Å². The number of nitrogen functional groups attached to an aromatic ring is 1. The molecule has 0 heterocycles. The number of rotatable bonds is 1. The van der Waals surface area contributed by atoms with Crippen molar-refractivity contribution in [2.24, 2.45) is 0 Å². The summed E-state index contributed by atoms with van der Waals surface area (Å²) in [6, 6.07) is 1.56. The largest absolute Gasteiger partial charge is 0.396 e. The zero-order chi connectivity index (χ0) is 10.2. The lowest BCUT2D eigenvalue weighted by atomic mass is 10.1. The van der Waals surface area contributed by atoms with Crippen molar-refractivity contribution in [2.75, 3.05) is 5.73 Å². The third-order valence-electron chi connectivity index (χ3n) is 1.58. The molecule has 0 atom stereocenters. The first kappa shape index (κ1) is 10.9. The van der Waals surface area contributed by atoms with Crippen molar-refractivity contribution in [3.05, 3.63) is 25.5 Å². The summed E-state index contributed by atoms with van der Waals surface area (Å²) in [5.41, 5.74) is 5.55. The fourth-order valence-corrected chi connectivity index (χ4v) is 1.78. The van der Waals surface area contributed by atoms with Crippen molar-refractivity contribution < 1.29 is 9.18 Å². The Labute approximate surface area is 97.0 Å². The van der Waals surface area contributed by atoms with E-state index in [1.165, 1.54) is 6.92 Å². The van der Waals surface area contributed by atoms with E-state index in [1.807, 2.05) is 22.6 Å². The van der Waals surface area contributed by atoms with E-state index in [0.29, 0.717) is 8.04 Å². The number of halogens is 3. The maximum atomic E-state index is 13.3. The van der Waals surface area contributed by atoms with Gasteiger partial charge in [0.05, 0.1) is 10.2 Å². The Morgan fingerprint density at radius 3 is 2.69 bits per heavy atom. The van der Waals surface area contributed by atoms with E-state index in [4.69, 9.17) is 5.73 Å². The summed E-state index contributed by atoms with van der Waals surface area (Å²) in [6.07, 6.45) is 0. The van der Waals surface area contributed by atoms with Crippen LogP contribution in [-0.4, -0.2) is 5.78 Å². The zero-order valence-corrected chi connectivity index (χ0v) is 10.4. The third kappa shape index (κ3) is 2.01. The third-order valence-corrected chi connectivity index (χ3v) is 3.95. The van der Waals surface area contributed by atoms with Crippen LogP contribution in [0.2, 0.25) is 0 Å². The number of hydrogen-bond donors (Lipinski definition) is 1. The van der Waals surface area contributed by atoms with Crippen LogP contribution >= 0.6 is 38.5 Å². The lowest BCUT2D eigenvalue weighted by Crippen LogP contribution is -2.04. The van der Waals surface area contributed by atoms with Gasteiger partial charge in [-0.25, -0.2) is 4.39 Å². The van der Waals surface area contributed by atoms with Gasteiger partial charge in [0.2, 0.25) is 0 Å². The second-order valence-electron chi connectivity index (χ2n) is 2.50. The van der Waals surface area contributed by atoms with Crippen LogP contribution in [0.4, 0.5) is 10.1 Å². The average molecular weight is 358 g/mol. The minimum Gasteiger partial charge on any atom is -0.396 e. The summed E-state index contributed by atoms with van der Waals surface area (Å²) in [4.78, 5) is 11.0. The molecule has 0 saturated carbocycles. The molecule has 70 valence electrons. The Kier molecular flexibility index (Phi) is 3.28. The highest BCUT2D eigenvalue weighted by atomic mass is 127. The monoisotopic (exact) mass is 357 g/mol. The van der Waals surface area contributed by atoms with E-state index in [-0.39, 0.29) is 17.0 Å². The highest BCUT2D eigenvalue weighted by molar-refractivity contribution is 14.1. The molecule has 0 aliphatic rings. The molecular weight excluding hydrogens is 352 g/mol. The minimum absolute atomic E-state index is 0.0974. The smallest absolute Gasteiger partial charge is 0.162 e. The van der Waals surface area contributed by atoms with Crippen LogP contribution in [-0.2, 0) is 0 Å². The summed E-state index contributed by atoms with van der Waals surface area (Å²) >= 11 is 4.97. The molecule has 0 bridgehead atoms. The topological polar surface area (TPSA) is 43.1 Å². The number of Topliss-reactive ketones (excluding diaryl/α,β-unsaturated/α-hetero) is 1. The number of ketones is 1. The first-order valence-electron chi connectivity index (χ1n) is 3.39. The van der Waals surface area contributed by atoms with E-state index >= 15 is 0 Å². The van der Waals surface area contributed by atoms with Crippen molar-refractivity contribution in [2.45, 2.75) is 6.92 Å². The van der Waals surface area contributed by atoms with Crippen molar-refractivity contribution >= 4 is 50.0 Å². The minimum atomic E-state index is -0.572. The number of carbonyl (C=O) groups excluding carboxylic acids is 1. The molecular formula is C8H6BrFINO. The predicted octanol–water partition coefficient (Wildman–Crippen LogP) is 2.98. The van der Waals surface area contributed by atoms with Gasteiger partial charge in [-0.2, -0.15) is 0 Å². The molecule has 13 heavy (non-hydrogen) atoms. The lowest BCUT2D eigenvalue weighted by molar-refractivity contribution is 0.101. The van der Waals surface area contributed by atoms with E-state index in [0.717, 1.165) is 0 Å². The van der Waals surface area contributed by atoms with Gasteiger partial charge in [-0.05, 0) is 51.5 Å². The Morgan fingerprint density at radius 1 is 1.69 bits per heavy atom. The van der Waals surface area contributed by atoms with Crippen LogP contribution in [0.1, 0.15) is 17.3 Å². The molecule has 2 N–H and O–H groups in total. The molecule has 1 aromatic rings. The van der Waals surface area contributed by atoms with Gasteiger partial charge in [0, 0.05) is 9.13 Å². The first-order chi connectivity index (χ1) is 5.95. The maximum absolute atomic E-state index is 13.3. The van der Waals surface area contributed by atoms with Crippen LogP contribution in [0.5, 0.6) is 0 Å². The van der Waals surface area contributed by atoms with Gasteiger partial charge < -0.3 is 5.73 Å². The van der Waals surface area contributed by atoms with Crippen molar-refractivity contribution in [1.82, 2.24) is 0 Å². The zero-order valence-electron chi connectivity index (χ0n) is 6.70. The van der Waals surface area contributed by atoms with E-state index in [9.17, 15) is 9.18 Å². The number of anilines is 1. The molecule has 1 aromatic carbocycles. The lowest BCUT2D eigenvalue weighted by Gasteiger charge is -2.06. The molecule has 0 spiro atoms. The molecule has 0 aliphatic carbocycles. The van der Waals surface area contributed by atoms with Gasteiger partial charge in [-0.3, -0.25) is 4.79 Å². The Morgan fingerprint density at radius 2 is 2.23 bits per heavy atom.